The molecule has 0 fully saturated rings. The molecule has 0 aliphatic rings. The minimum absolute atomic E-state index is 0.243. The topological polar surface area (TPSA) is 51.5 Å². The van der Waals surface area contributed by atoms with Crippen LogP contribution >= 0.6 is 0 Å². The standard InChI is InChI=1S/C23H24N2O3/c1-17-9-10-18(2)25(17)21-13-11-20(12-14-21)23(27)28-16-22(26)24(3)15-19-7-5-4-6-8-19/h4-14H,15-16H2,1-3H3. The summed E-state index contributed by atoms with van der Waals surface area (Å²) in [6, 6.07) is 21.0. The zero-order valence-electron chi connectivity index (χ0n) is 16.4. The summed E-state index contributed by atoms with van der Waals surface area (Å²) >= 11 is 0. The third-order valence-electron chi connectivity index (χ3n) is 4.65. The van der Waals surface area contributed by atoms with Crippen molar-refractivity contribution in [2.45, 2.75) is 20.4 Å². The van der Waals surface area contributed by atoms with Gasteiger partial charge in [0.05, 0.1) is 5.56 Å². The summed E-state index contributed by atoms with van der Waals surface area (Å²) in [6.45, 7) is 4.26. The van der Waals surface area contributed by atoms with E-state index in [9.17, 15) is 9.59 Å². The van der Waals surface area contributed by atoms with Gasteiger partial charge < -0.3 is 14.2 Å². The van der Waals surface area contributed by atoms with Crippen molar-refractivity contribution in [3.63, 3.8) is 0 Å². The summed E-state index contributed by atoms with van der Waals surface area (Å²) in [5.41, 5.74) is 4.68. The molecule has 0 radical (unpaired) electrons. The van der Waals surface area contributed by atoms with Crippen molar-refractivity contribution in [3.8, 4) is 5.69 Å². The van der Waals surface area contributed by atoms with Crippen LogP contribution in [0.5, 0.6) is 0 Å². The van der Waals surface area contributed by atoms with Gasteiger partial charge in [0.15, 0.2) is 6.61 Å². The number of hydrogen-bond acceptors (Lipinski definition) is 3. The molecule has 5 nitrogen and oxygen atoms in total. The fourth-order valence-electron chi connectivity index (χ4n) is 3.09. The lowest BCUT2D eigenvalue weighted by Crippen LogP contribution is -2.30. The Morgan fingerprint density at radius 2 is 1.50 bits per heavy atom. The SMILES string of the molecule is Cc1ccc(C)n1-c1ccc(C(=O)OCC(=O)N(C)Cc2ccccc2)cc1. The zero-order valence-corrected chi connectivity index (χ0v) is 16.4. The minimum atomic E-state index is -0.506. The van der Waals surface area contributed by atoms with E-state index >= 15 is 0 Å². The fraction of sp³-hybridized carbons (Fsp3) is 0.217. The van der Waals surface area contributed by atoms with Crippen LogP contribution in [0, 0.1) is 13.8 Å². The monoisotopic (exact) mass is 376 g/mol. The van der Waals surface area contributed by atoms with E-state index in [4.69, 9.17) is 4.74 Å². The molecule has 0 unspecified atom stereocenters. The highest BCUT2D eigenvalue weighted by molar-refractivity contribution is 5.91. The number of rotatable bonds is 6. The van der Waals surface area contributed by atoms with Gasteiger partial charge in [0, 0.05) is 30.7 Å². The number of aromatic nitrogens is 1. The number of esters is 1. The molecule has 5 heteroatoms. The van der Waals surface area contributed by atoms with Crippen LogP contribution in [0.4, 0.5) is 0 Å². The van der Waals surface area contributed by atoms with Gasteiger partial charge in [-0.25, -0.2) is 4.79 Å². The summed E-state index contributed by atoms with van der Waals surface area (Å²) in [4.78, 5) is 26.0. The predicted molar refractivity (Wildman–Crippen MR) is 108 cm³/mol. The van der Waals surface area contributed by atoms with E-state index in [1.807, 2.05) is 56.3 Å². The van der Waals surface area contributed by atoms with Crippen LogP contribution in [0.25, 0.3) is 5.69 Å². The summed E-state index contributed by atoms with van der Waals surface area (Å²) in [6.07, 6.45) is 0. The van der Waals surface area contributed by atoms with Crippen LogP contribution in [0.2, 0.25) is 0 Å². The number of carbonyl (C=O) groups excluding carboxylic acids is 2. The lowest BCUT2D eigenvalue weighted by molar-refractivity contribution is -0.133. The molecule has 28 heavy (non-hydrogen) atoms. The lowest BCUT2D eigenvalue weighted by atomic mass is 10.2. The van der Waals surface area contributed by atoms with Crippen molar-refractivity contribution in [2.24, 2.45) is 0 Å². The molecule has 1 aromatic heterocycles. The maximum absolute atomic E-state index is 12.3. The molecule has 0 aliphatic carbocycles. The molecule has 0 N–H and O–H groups in total. The van der Waals surface area contributed by atoms with E-state index in [0.717, 1.165) is 22.6 Å². The smallest absolute Gasteiger partial charge is 0.338 e. The van der Waals surface area contributed by atoms with Gasteiger partial charge in [-0.05, 0) is 55.8 Å². The van der Waals surface area contributed by atoms with Crippen molar-refractivity contribution in [3.05, 3.63) is 89.2 Å². The highest BCUT2D eigenvalue weighted by Crippen LogP contribution is 2.17. The molecule has 3 aromatic rings. The van der Waals surface area contributed by atoms with Crippen molar-refractivity contribution < 1.29 is 14.3 Å². The Morgan fingerprint density at radius 3 is 2.11 bits per heavy atom. The second-order valence-electron chi connectivity index (χ2n) is 6.81. The first-order valence-electron chi connectivity index (χ1n) is 9.16. The first-order valence-corrected chi connectivity index (χ1v) is 9.16. The van der Waals surface area contributed by atoms with Crippen LogP contribution in [0.3, 0.4) is 0 Å². The van der Waals surface area contributed by atoms with Gasteiger partial charge in [-0.2, -0.15) is 0 Å². The molecule has 0 spiro atoms. The molecule has 2 aromatic carbocycles. The largest absolute Gasteiger partial charge is 0.452 e. The van der Waals surface area contributed by atoms with E-state index in [2.05, 4.69) is 16.7 Å². The Kier molecular flexibility index (Phi) is 5.94. The molecular formula is C23H24N2O3. The second kappa shape index (κ2) is 8.57. The van der Waals surface area contributed by atoms with Crippen molar-refractivity contribution in [1.82, 2.24) is 9.47 Å². The van der Waals surface area contributed by atoms with Gasteiger partial charge >= 0.3 is 5.97 Å². The first kappa shape index (κ1) is 19.4. The van der Waals surface area contributed by atoms with Crippen LogP contribution in [-0.2, 0) is 16.1 Å². The minimum Gasteiger partial charge on any atom is -0.452 e. The Bertz CT molecular complexity index is 940. The van der Waals surface area contributed by atoms with Crippen LogP contribution in [-0.4, -0.2) is 35.0 Å². The molecule has 1 amide bonds. The number of hydrogen-bond donors (Lipinski definition) is 0. The second-order valence-corrected chi connectivity index (χ2v) is 6.81. The van der Waals surface area contributed by atoms with E-state index in [0.29, 0.717) is 12.1 Å². The number of likely N-dealkylation sites (N-methyl/N-ethyl adjacent to an activating group) is 1. The zero-order chi connectivity index (χ0) is 20.1. The number of amides is 1. The van der Waals surface area contributed by atoms with Crippen LogP contribution < -0.4 is 0 Å². The molecule has 0 saturated heterocycles. The third kappa shape index (κ3) is 4.49. The van der Waals surface area contributed by atoms with Gasteiger partial charge in [0.1, 0.15) is 0 Å². The average Bonchev–Trinajstić information content (AvgIpc) is 3.05. The molecule has 3 rings (SSSR count). The van der Waals surface area contributed by atoms with E-state index in [1.165, 1.54) is 0 Å². The molecule has 144 valence electrons. The third-order valence-corrected chi connectivity index (χ3v) is 4.65. The van der Waals surface area contributed by atoms with Crippen molar-refractivity contribution in [1.29, 1.82) is 0 Å². The van der Waals surface area contributed by atoms with Gasteiger partial charge in [0.2, 0.25) is 0 Å². The number of nitrogens with zero attached hydrogens (tertiary/aromatic N) is 2. The van der Waals surface area contributed by atoms with Gasteiger partial charge in [-0.15, -0.1) is 0 Å². The quantitative estimate of drug-likeness (QED) is 0.613. The van der Waals surface area contributed by atoms with Gasteiger partial charge in [-0.1, -0.05) is 30.3 Å². The first-order chi connectivity index (χ1) is 13.5. The Balaban J connectivity index is 1.57. The Labute approximate surface area is 165 Å². The molecule has 0 saturated carbocycles. The number of ether oxygens (including phenoxy) is 1. The molecule has 0 atom stereocenters. The Morgan fingerprint density at radius 1 is 0.893 bits per heavy atom. The normalized spacial score (nSPS) is 10.5. The lowest BCUT2D eigenvalue weighted by Gasteiger charge is -2.17. The molecular weight excluding hydrogens is 352 g/mol. The highest BCUT2D eigenvalue weighted by atomic mass is 16.5. The van der Waals surface area contributed by atoms with E-state index < -0.39 is 5.97 Å². The van der Waals surface area contributed by atoms with E-state index in [-0.39, 0.29) is 12.5 Å². The molecule has 0 aliphatic heterocycles. The highest BCUT2D eigenvalue weighted by Gasteiger charge is 2.14. The number of carbonyl (C=O) groups is 2. The summed E-state index contributed by atoms with van der Waals surface area (Å²) in [5, 5.41) is 0. The van der Waals surface area contributed by atoms with Crippen molar-refractivity contribution >= 4 is 11.9 Å². The molecule has 0 bridgehead atoms. The summed E-state index contributed by atoms with van der Waals surface area (Å²) in [5.74, 6) is -0.749. The van der Waals surface area contributed by atoms with Crippen LogP contribution in [0.15, 0.2) is 66.7 Å². The fourth-order valence-corrected chi connectivity index (χ4v) is 3.09. The van der Waals surface area contributed by atoms with Gasteiger partial charge in [-0.3, -0.25) is 4.79 Å². The maximum atomic E-state index is 12.3. The van der Waals surface area contributed by atoms with E-state index in [1.54, 1.807) is 24.1 Å². The van der Waals surface area contributed by atoms with Crippen LogP contribution in [0.1, 0.15) is 27.3 Å². The maximum Gasteiger partial charge on any atom is 0.338 e. The summed E-state index contributed by atoms with van der Waals surface area (Å²) < 4.78 is 7.30. The van der Waals surface area contributed by atoms with Gasteiger partial charge in [0.25, 0.3) is 5.91 Å². The predicted octanol–water partition coefficient (Wildman–Crippen LogP) is 3.91. The number of benzene rings is 2. The van der Waals surface area contributed by atoms with Crippen molar-refractivity contribution in [2.75, 3.05) is 13.7 Å². The Hall–Kier alpha value is -3.34. The summed E-state index contributed by atoms with van der Waals surface area (Å²) in [7, 11) is 1.69. The number of aryl methyl sites for hydroxylation is 2. The molecule has 1 heterocycles. The average molecular weight is 376 g/mol.